The maximum atomic E-state index is 5.23. The Labute approximate surface area is 129 Å². The lowest BCUT2D eigenvalue weighted by Gasteiger charge is -2.38. The van der Waals surface area contributed by atoms with Crippen LogP contribution in [0.3, 0.4) is 0 Å². The summed E-state index contributed by atoms with van der Waals surface area (Å²) in [6, 6.07) is 9.60. The van der Waals surface area contributed by atoms with Gasteiger partial charge in [-0.05, 0) is 68.6 Å². The van der Waals surface area contributed by atoms with Gasteiger partial charge in [0, 0.05) is 12.1 Å². The van der Waals surface area contributed by atoms with Crippen LogP contribution in [0.15, 0.2) is 24.3 Å². The third kappa shape index (κ3) is 3.42. The van der Waals surface area contributed by atoms with Crippen LogP contribution in [0.2, 0.25) is 0 Å². The molecule has 0 heterocycles. The van der Waals surface area contributed by atoms with E-state index >= 15 is 0 Å². The molecule has 2 heteroatoms. The van der Waals surface area contributed by atoms with Crippen LogP contribution in [-0.4, -0.2) is 13.2 Å². The molecule has 1 N–H and O–H groups in total. The largest absolute Gasteiger partial charge is 0.497 e. The zero-order valence-electron chi connectivity index (χ0n) is 13.5. The molecule has 0 unspecified atom stereocenters. The highest BCUT2D eigenvalue weighted by molar-refractivity contribution is 5.28. The summed E-state index contributed by atoms with van der Waals surface area (Å²) < 4.78 is 5.23. The van der Waals surface area contributed by atoms with Crippen LogP contribution >= 0.6 is 0 Å². The molecule has 2 fully saturated rings. The average Bonchev–Trinajstić information content (AvgIpc) is 2.98. The first-order valence-corrected chi connectivity index (χ1v) is 8.61. The van der Waals surface area contributed by atoms with E-state index in [0.29, 0.717) is 12.1 Å². The van der Waals surface area contributed by atoms with Crippen molar-refractivity contribution in [2.75, 3.05) is 7.11 Å². The molecule has 1 aromatic rings. The number of hydrogen-bond acceptors (Lipinski definition) is 2. The summed E-state index contributed by atoms with van der Waals surface area (Å²) in [7, 11) is 1.72. The fraction of sp³-hybridized carbons (Fsp3) is 0.684. The van der Waals surface area contributed by atoms with Crippen molar-refractivity contribution in [1.82, 2.24) is 5.32 Å². The predicted molar refractivity (Wildman–Crippen MR) is 87.7 cm³/mol. The summed E-state index contributed by atoms with van der Waals surface area (Å²) in [5, 5.41) is 3.84. The van der Waals surface area contributed by atoms with Crippen LogP contribution in [0.4, 0.5) is 0 Å². The molecule has 3 rings (SSSR count). The molecular weight excluding hydrogens is 258 g/mol. The van der Waals surface area contributed by atoms with Gasteiger partial charge in [-0.2, -0.15) is 0 Å². The Morgan fingerprint density at radius 1 is 1.05 bits per heavy atom. The molecule has 116 valence electrons. The van der Waals surface area contributed by atoms with E-state index in [9.17, 15) is 0 Å². The maximum absolute atomic E-state index is 5.23. The molecular formula is C19H29NO. The van der Waals surface area contributed by atoms with E-state index in [0.717, 1.165) is 11.2 Å². The summed E-state index contributed by atoms with van der Waals surface area (Å²) >= 11 is 0. The molecule has 2 nitrogen and oxygen atoms in total. The van der Waals surface area contributed by atoms with Crippen molar-refractivity contribution in [2.24, 2.45) is 5.41 Å². The lowest BCUT2D eigenvalue weighted by atomic mass is 9.71. The van der Waals surface area contributed by atoms with Gasteiger partial charge in [-0.1, -0.05) is 25.0 Å². The van der Waals surface area contributed by atoms with Crippen molar-refractivity contribution >= 4 is 0 Å². The molecule has 0 radical (unpaired) electrons. The predicted octanol–water partition coefficient (Wildman–Crippen LogP) is 4.85. The Bertz CT molecular complexity index is 437. The fourth-order valence-corrected chi connectivity index (χ4v) is 4.36. The SMILES string of the molecule is COc1ccc([C@@H](C)NC2CCC3(CCCC3)CC2)cc1. The number of nitrogens with one attached hydrogen (secondary N) is 1. The normalized spacial score (nSPS) is 23.3. The van der Waals surface area contributed by atoms with Gasteiger partial charge in [-0.15, -0.1) is 0 Å². The van der Waals surface area contributed by atoms with Crippen molar-refractivity contribution in [3.8, 4) is 5.75 Å². The smallest absolute Gasteiger partial charge is 0.118 e. The van der Waals surface area contributed by atoms with Crippen LogP contribution in [-0.2, 0) is 0 Å². The molecule has 0 saturated heterocycles. The molecule has 1 spiro atoms. The molecule has 2 aliphatic rings. The number of ether oxygens (including phenoxy) is 1. The van der Waals surface area contributed by atoms with E-state index in [1.54, 1.807) is 7.11 Å². The monoisotopic (exact) mass is 287 g/mol. The Morgan fingerprint density at radius 2 is 1.67 bits per heavy atom. The summed E-state index contributed by atoms with van der Waals surface area (Å²) in [5.41, 5.74) is 2.10. The average molecular weight is 287 g/mol. The highest BCUT2D eigenvalue weighted by Gasteiger charge is 2.37. The number of benzene rings is 1. The standard InChI is InChI=1S/C19H29NO/c1-15(16-5-7-18(21-2)8-6-16)20-17-9-13-19(14-10-17)11-3-4-12-19/h5-8,15,17,20H,3-4,9-14H2,1-2H3/t15-/m1/s1. The summed E-state index contributed by atoms with van der Waals surface area (Å²) in [6.45, 7) is 2.28. The van der Waals surface area contributed by atoms with Gasteiger partial charge in [0.05, 0.1) is 7.11 Å². The molecule has 0 bridgehead atoms. The third-order valence-corrected chi connectivity index (χ3v) is 5.81. The first kappa shape index (κ1) is 14.9. The van der Waals surface area contributed by atoms with Crippen molar-refractivity contribution < 1.29 is 4.74 Å². The van der Waals surface area contributed by atoms with Crippen molar-refractivity contribution in [3.05, 3.63) is 29.8 Å². The molecule has 2 aliphatic carbocycles. The van der Waals surface area contributed by atoms with Crippen molar-refractivity contribution in [1.29, 1.82) is 0 Å². The highest BCUT2D eigenvalue weighted by Crippen LogP contribution is 2.49. The van der Waals surface area contributed by atoms with E-state index in [4.69, 9.17) is 4.74 Å². The van der Waals surface area contributed by atoms with Crippen molar-refractivity contribution in [3.63, 3.8) is 0 Å². The zero-order valence-corrected chi connectivity index (χ0v) is 13.5. The Balaban J connectivity index is 1.52. The second kappa shape index (κ2) is 6.39. The Hall–Kier alpha value is -1.02. The van der Waals surface area contributed by atoms with Crippen LogP contribution in [0, 0.1) is 5.41 Å². The quantitative estimate of drug-likeness (QED) is 0.855. The Kier molecular flexibility index (Phi) is 4.54. The molecule has 0 aromatic heterocycles. The summed E-state index contributed by atoms with van der Waals surface area (Å²) in [6.07, 6.45) is 11.5. The minimum absolute atomic E-state index is 0.429. The second-order valence-electron chi connectivity index (χ2n) is 7.14. The lowest BCUT2D eigenvalue weighted by molar-refractivity contribution is 0.164. The maximum Gasteiger partial charge on any atom is 0.118 e. The lowest BCUT2D eigenvalue weighted by Crippen LogP contribution is -2.37. The van der Waals surface area contributed by atoms with E-state index in [1.165, 1.54) is 56.9 Å². The van der Waals surface area contributed by atoms with Gasteiger partial charge in [0.1, 0.15) is 5.75 Å². The minimum atomic E-state index is 0.429. The summed E-state index contributed by atoms with van der Waals surface area (Å²) in [5.74, 6) is 0.937. The zero-order chi connectivity index (χ0) is 14.7. The van der Waals surface area contributed by atoms with Gasteiger partial charge in [-0.3, -0.25) is 0 Å². The van der Waals surface area contributed by atoms with E-state index in [2.05, 4.69) is 36.5 Å². The van der Waals surface area contributed by atoms with E-state index < -0.39 is 0 Å². The highest BCUT2D eigenvalue weighted by atomic mass is 16.5. The number of rotatable bonds is 4. The topological polar surface area (TPSA) is 21.3 Å². The van der Waals surface area contributed by atoms with Crippen LogP contribution < -0.4 is 10.1 Å². The van der Waals surface area contributed by atoms with Crippen LogP contribution in [0.5, 0.6) is 5.75 Å². The van der Waals surface area contributed by atoms with Gasteiger partial charge in [0.25, 0.3) is 0 Å². The van der Waals surface area contributed by atoms with E-state index in [-0.39, 0.29) is 0 Å². The number of hydrogen-bond donors (Lipinski definition) is 1. The molecule has 1 atom stereocenters. The van der Waals surface area contributed by atoms with Gasteiger partial charge < -0.3 is 10.1 Å². The fourth-order valence-electron chi connectivity index (χ4n) is 4.36. The number of methoxy groups -OCH3 is 1. The van der Waals surface area contributed by atoms with Gasteiger partial charge in [-0.25, -0.2) is 0 Å². The van der Waals surface area contributed by atoms with Crippen LogP contribution in [0.1, 0.15) is 69.9 Å². The van der Waals surface area contributed by atoms with Crippen LogP contribution in [0.25, 0.3) is 0 Å². The minimum Gasteiger partial charge on any atom is -0.497 e. The third-order valence-electron chi connectivity index (χ3n) is 5.81. The second-order valence-corrected chi connectivity index (χ2v) is 7.14. The Morgan fingerprint density at radius 3 is 2.24 bits per heavy atom. The molecule has 1 aromatic carbocycles. The van der Waals surface area contributed by atoms with Gasteiger partial charge in [0.15, 0.2) is 0 Å². The first-order chi connectivity index (χ1) is 10.2. The molecule has 0 amide bonds. The van der Waals surface area contributed by atoms with Crippen molar-refractivity contribution in [2.45, 2.75) is 70.4 Å². The molecule has 21 heavy (non-hydrogen) atoms. The first-order valence-electron chi connectivity index (χ1n) is 8.61. The van der Waals surface area contributed by atoms with E-state index in [1.807, 2.05) is 0 Å². The van der Waals surface area contributed by atoms with Gasteiger partial charge in [0.2, 0.25) is 0 Å². The summed E-state index contributed by atoms with van der Waals surface area (Å²) in [4.78, 5) is 0. The molecule has 2 saturated carbocycles. The van der Waals surface area contributed by atoms with Gasteiger partial charge >= 0.3 is 0 Å². The molecule has 0 aliphatic heterocycles.